The first-order valence-electron chi connectivity index (χ1n) is 8.37. The Hall–Kier alpha value is -2.97. The number of anilines is 1. The molecule has 6 nitrogen and oxygen atoms in total. The zero-order chi connectivity index (χ0) is 20.8. The van der Waals surface area contributed by atoms with Gasteiger partial charge in [0.05, 0.1) is 29.6 Å². The van der Waals surface area contributed by atoms with Gasteiger partial charge < -0.3 is 10.1 Å². The van der Waals surface area contributed by atoms with Crippen molar-refractivity contribution < 1.29 is 18.7 Å². The average molecular weight is 432 g/mol. The topological polar surface area (TPSA) is 81.2 Å². The van der Waals surface area contributed by atoms with E-state index in [0.717, 1.165) is 0 Å². The van der Waals surface area contributed by atoms with Gasteiger partial charge in [0.1, 0.15) is 5.82 Å². The van der Waals surface area contributed by atoms with Crippen LogP contribution >= 0.6 is 23.4 Å². The zero-order valence-corrected chi connectivity index (χ0v) is 16.8. The Kier molecular flexibility index (Phi) is 6.79. The lowest BCUT2D eigenvalue weighted by molar-refractivity contribution is 0.0602. The molecule has 3 aromatic rings. The van der Waals surface area contributed by atoms with Gasteiger partial charge in [-0.3, -0.25) is 4.79 Å². The minimum Gasteiger partial charge on any atom is -0.465 e. The maximum Gasteiger partial charge on any atom is 0.339 e. The number of amides is 1. The highest BCUT2D eigenvalue weighted by molar-refractivity contribution is 7.98. The molecule has 1 N–H and O–H groups in total. The van der Waals surface area contributed by atoms with Gasteiger partial charge >= 0.3 is 5.97 Å². The highest BCUT2D eigenvalue weighted by Crippen LogP contribution is 2.24. The summed E-state index contributed by atoms with van der Waals surface area (Å²) in [6.45, 7) is 0. The normalized spacial score (nSPS) is 10.4. The molecule has 1 heterocycles. The van der Waals surface area contributed by atoms with Crippen LogP contribution in [0, 0.1) is 5.82 Å². The monoisotopic (exact) mass is 431 g/mol. The van der Waals surface area contributed by atoms with E-state index in [1.54, 1.807) is 36.4 Å². The van der Waals surface area contributed by atoms with Crippen LogP contribution in [0.25, 0.3) is 0 Å². The molecule has 1 aromatic heterocycles. The van der Waals surface area contributed by atoms with Crippen LogP contribution in [0.15, 0.2) is 59.9 Å². The number of nitrogens with one attached hydrogen (secondary N) is 1. The molecule has 0 saturated heterocycles. The van der Waals surface area contributed by atoms with E-state index in [2.05, 4.69) is 15.3 Å². The molecule has 9 heteroatoms. The van der Waals surface area contributed by atoms with Crippen molar-refractivity contribution in [2.24, 2.45) is 0 Å². The zero-order valence-electron chi connectivity index (χ0n) is 15.2. The number of para-hydroxylation sites is 1. The van der Waals surface area contributed by atoms with E-state index in [-0.39, 0.29) is 32.9 Å². The summed E-state index contributed by atoms with van der Waals surface area (Å²) >= 11 is 7.25. The highest BCUT2D eigenvalue weighted by Gasteiger charge is 2.18. The number of hydrogen-bond donors (Lipinski definition) is 1. The molecule has 0 aliphatic heterocycles. The van der Waals surface area contributed by atoms with Crippen LogP contribution in [-0.4, -0.2) is 29.0 Å². The third-order valence-corrected chi connectivity index (χ3v) is 5.02. The fourth-order valence-corrected chi connectivity index (χ4v) is 3.38. The van der Waals surface area contributed by atoms with Crippen molar-refractivity contribution in [3.63, 3.8) is 0 Å². The van der Waals surface area contributed by atoms with Gasteiger partial charge in [-0.2, -0.15) is 0 Å². The third kappa shape index (κ3) is 5.10. The molecular formula is C20H15ClFN3O3S. The molecule has 0 atom stereocenters. The van der Waals surface area contributed by atoms with E-state index >= 15 is 0 Å². The summed E-state index contributed by atoms with van der Waals surface area (Å²) in [5.41, 5.74) is 0.897. The number of ether oxygens (including phenoxy) is 1. The quantitative estimate of drug-likeness (QED) is 0.349. The summed E-state index contributed by atoms with van der Waals surface area (Å²) in [6.07, 6.45) is 1.30. The van der Waals surface area contributed by atoms with Crippen LogP contribution in [0.3, 0.4) is 0 Å². The number of aromatic nitrogens is 2. The van der Waals surface area contributed by atoms with Crippen LogP contribution in [0.2, 0.25) is 5.02 Å². The molecular weight excluding hydrogens is 417 g/mol. The Labute approximate surface area is 175 Å². The minimum atomic E-state index is -0.610. The number of rotatable bonds is 6. The fourth-order valence-electron chi connectivity index (χ4n) is 2.40. The molecule has 0 bridgehead atoms. The predicted octanol–water partition coefficient (Wildman–Crippen LogP) is 4.60. The predicted molar refractivity (Wildman–Crippen MR) is 109 cm³/mol. The molecule has 0 unspecified atom stereocenters. The van der Waals surface area contributed by atoms with E-state index in [9.17, 15) is 14.0 Å². The maximum absolute atomic E-state index is 13.8. The molecule has 3 rings (SSSR count). The van der Waals surface area contributed by atoms with Crippen molar-refractivity contribution in [2.45, 2.75) is 10.9 Å². The number of esters is 1. The number of carbonyl (C=O) groups is 2. The highest BCUT2D eigenvalue weighted by atomic mass is 35.5. The van der Waals surface area contributed by atoms with Gasteiger partial charge in [0.25, 0.3) is 5.91 Å². The van der Waals surface area contributed by atoms with Gasteiger partial charge in [-0.25, -0.2) is 19.2 Å². The molecule has 0 radical (unpaired) electrons. The first kappa shape index (κ1) is 20.8. The summed E-state index contributed by atoms with van der Waals surface area (Å²) in [5.74, 6) is -1.23. The van der Waals surface area contributed by atoms with Crippen molar-refractivity contribution in [2.75, 3.05) is 12.4 Å². The molecule has 0 aliphatic carbocycles. The van der Waals surface area contributed by atoms with E-state index in [0.29, 0.717) is 11.3 Å². The van der Waals surface area contributed by atoms with Crippen molar-refractivity contribution >= 4 is 40.9 Å². The number of carbonyl (C=O) groups excluding carboxylic acids is 2. The van der Waals surface area contributed by atoms with E-state index in [1.807, 2.05) is 0 Å². The average Bonchev–Trinajstić information content (AvgIpc) is 2.74. The van der Waals surface area contributed by atoms with Crippen LogP contribution in [0.5, 0.6) is 0 Å². The number of benzene rings is 2. The number of methoxy groups -OCH3 is 1. The minimum absolute atomic E-state index is 0.0493. The smallest absolute Gasteiger partial charge is 0.339 e. The van der Waals surface area contributed by atoms with Gasteiger partial charge in [0.15, 0.2) is 10.9 Å². The Bertz CT molecular complexity index is 1060. The number of thioether (sulfide) groups is 1. The number of nitrogens with zero attached hydrogens (tertiary/aromatic N) is 2. The largest absolute Gasteiger partial charge is 0.465 e. The Morgan fingerprint density at radius 1 is 1.17 bits per heavy atom. The summed E-state index contributed by atoms with van der Waals surface area (Å²) in [4.78, 5) is 32.8. The van der Waals surface area contributed by atoms with Crippen LogP contribution in [0.4, 0.5) is 10.1 Å². The van der Waals surface area contributed by atoms with Crippen LogP contribution in [0.1, 0.15) is 26.4 Å². The lowest BCUT2D eigenvalue weighted by atomic mass is 10.1. The second kappa shape index (κ2) is 9.49. The van der Waals surface area contributed by atoms with Crippen molar-refractivity contribution in [1.82, 2.24) is 9.97 Å². The lowest BCUT2D eigenvalue weighted by Gasteiger charge is -2.10. The van der Waals surface area contributed by atoms with Crippen molar-refractivity contribution in [3.05, 3.63) is 82.4 Å². The molecule has 2 aromatic carbocycles. The van der Waals surface area contributed by atoms with E-state index in [4.69, 9.17) is 16.3 Å². The summed E-state index contributed by atoms with van der Waals surface area (Å²) in [6, 6.07) is 12.8. The number of hydrogen-bond acceptors (Lipinski definition) is 6. The fraction of sp³-hybridized carbons (Fsp3) is 0.100. The van der Waals surface area contributed by atoms with Gasteiger partial charge in [0, 0.05) is 5.75 Å². The Balaban J connectivity index is 1.79. The van der Waals surface area contributed by atoms with Gasteiger partial charge in [-0.05, 0) is 23.8 Å². The summed E-state index contributed by atoms with van der Waals surface area (Å²) in [7, 11) is 1.25. The van der Waals surface area contributed by atoms with Gasteiger partial charge in [0.2, 0.25) is 0 Å². The molecule has 0 fully saturated rings. The van der Waals surface area contributed by atoms with Gasteiger partial charge in [-0.15, -0.1) is 0 Å². The third-order valence-electron chi connectivity index (χ3n) is 3.83. The molecule has 1 amide bonds. The summed E-state index contributed by atoms with van der Waals surface area (Å²) in [5, 5.41) is 2.93. The van der Waals surface area contributed by atoms with E-state index in [1.165, 1.54) is 37.2 Å². The first-order chi connectivity index (χ1) is 14.0. The lowest BCUT2D eigenvalue weighted by Crippen LogP contribution is -2.17. The van der Waals surface area contributed by atoms with Gasteiger partial charge in [-0.1, -0.05) is 53.7 Å². The molecule has 0 saturated carbocycles. The SMILES string of the molecule is COC(=O)c1ccccc1NC(=O)c1nc(SCc2ccccc2F)ncc1Cl. The Morgan fingerprint density at radius 2 is 1.90 bits per heavy atom. The standard InChI is InChI=1S/C20H15ClFN3O3S/c1-28-19(27)13-7-3-5-9-16(13)24-18(26)17-14(21)10-23-20(25-17)29-11-12-6-2-4-8-15(12)22/h2-10H,11H2,1H3,(H,24,26). The molecule has 29 heavy (non-hydrogen) atoms. The van der Waals surface area contributed by atoms with Crippen molar-refractivity contribution in [3.8, 4) is 0 Å². The number of halogens is 2. The second-order valence-electron chi connectivity index (χ2n) is 5.72. The summed E-state index contributed by atoms with van der Waals surface area (Å²) < 4.78 is 18.5. The van der Waals surface area contributed by atoms with Crippen LogP contribution < -0.4 is 5.32 Å². The first-order valence-corrected chi connectivity index (χ1v) is 9.73. The van der Waals surface area contributed by atoms with Crippen molar-refractivity contribution in [1.29, 1.82) is 0 Å². The maximum atomic E-state index is 13.8. The molecule has 0 aliphatic rings. The molecule has 0 spiro atoms. The second-order valence-corrected chi connectivity index (χ2v) is 7.07. The molecule has 148 valence electrons. The van der Waals surface area contributed by atoms with Crippen LogP contribution in [-0.2, 0) is 10.5 Å². The Morgan fingerprint density at radius 3 is 2.66 bits per heavy atom. The van der Waals surface area contributed by atoms with E-state index < -0.39 is 11.9 Å².